The summed E-state index contributed by atoms with van der Waals surface area (Å²) >= 11 is 0. The molecule has 4 heterocycles. The second-order valence-electron chi connectivity index (χ2n) is 12.7. The van der Waals surface area contributed by atoms with Crippen molar-refractivity contribution < 1.29 is 9.53 Å². The molecule has 1 aliphatic carbocycles. The van der Waals surface area contributed by atoms with Crippen LogP contribution in [0.25, 0.3) is 0 Å². The van der Waals surface area contributed by atoms with Crippen LogP contribution in [0.2, 0.25) is 0 Å². The van der Waals surface area contributed by atoms with Gasteiger partial charge in [-0.05, 0) is 61.8 Å². The number of rotatable bonds is 5. The fourth-order valence-electron chi connectivity index (χ4n) is 6.39. The maximum atomic E-state index is 11.5. The van der Waals surface area contributed by atoms with Crippen molar-refractivity contribution in [3.63, 3.8) is 0 Å². The van der Waals surface area contributed by atoms with E-state index in [2.05, 4.69) is 66.4 Å². The van der Waals surface area contributed by atoms with E-state index in [9.17, 15) is 4.79 Å². The number of carbonyl (C=O) groups excluding carboxylic acids is 1. The normalized spacial score (nSPS) is 23.2. The number of carbonyl (C=O) groups is 1. The molecule has 0 N–H and O–H groups in total. The van der Waals surface area contributed by atoms with Crippen molar-refractivity contribution in [2.45, 2.75) is 84.2 Å². The number of esters is 1. The van der Waals surface area contributed by atoms with Gasteiger partial charge in [0.25, 0.3) is 0 Å². The molecule has 2 fully saturated rings. The Hall–Kier alpha value is -2.83. The lowest BCUT2D eigenvalue weighted by Gasteiger charge is -2.41. The van der Waals surface area contributed by atoms with Crippen LogP contribution in [0, 0.1) is 5.41 Å². The van der Waals surface area contributed by atoms with Gasteiger partial charge in [0.15, 0.2) is 0 Å². The number of hydrogen-bond acceptors (Lipinski definition) is 7. The maximum absolute atomic E-state index is 11.5. The SMILES string of the molecule is COC(=O)Cc1ccc(N2CCN(c3ccc4c(n3)C(C)(C)CN4C3CCC(C)(C)CC3)C(C)C2)nc1. The highest BCUT2D eigenvalue weighted by Crippen LogP contribution is 2.45. The topological polar surface area (TPSA) is 61.8 Å². The van der Waals surface area contributed by atoms with Gasteiger partial charge >= 0.3 is 5.97 Å². The Bertz CT molecular complexity index is 1120. The highest BCUT2D eigenvalue weighted by Gasteiger charge is 2.42. The fraction of sp³-hybridized carbons (Fsp3) is 0.633. The zero-order valence-electron chi connectivity index (χ0n) is 23.5. The molecule has 1 unspecified atom stereocenters. The maximum Gasteiger partial charge on any atom is 0.310 e. The van der Waals surface area contributed by atoms with Gasteiger partial charge in [-0.25, -0.2) is 9.97 Å². The first-order valence-electron chi connectivity index (χ1n) is 13.9. The molecule has 2 aliphatic heterocycles. The van der Waals surface area contributed by atoms with E-state index in [1.165, 1.54) is 44.2 Å². The van der Waals surface area contributed by atoms with E-state index in [0.29, 0.717) is 17.5 Å². The minimum atomic E-state index is -0.243. The van der Waals surface area contributed by atoms with Gasteiger partial charge < -0.3 is 19.4 Å². The van der Waals surface area contributed by atoms with Crippen LogP contribution >= 0.6 is 0 Å². The Morgan fingerprint density at radius 1 is 1.03 bits per heavy atom. The molecule has 1 saturated heterocycles. The van der Waals surface area contributed by atoms with E-state index < -0.39 is 0 Å². The lowest BCUT2D eigenvalue weighted by Crippen LogP contribution is -2.52. The lowest BCUT2D eigenvalue weighted by atomic mass is 9.75. The minimum absolute atomic E-state index is 0.0548. The number of fused-ring (bicyclic) bond motifs is 1. The molecule has 3 aliphatic rings. The molecule has 0 aromatic carbocycles. The summed E-state index contributed by atoms with van der Waals surface area (Å²) in [4.78, 5) is 28.9. The second-order valence-corrected chi connectivity index (χ2v) is 12.7. The van der Waals surface area contributed by atoms with E-state index in [-0.39, 0.29) is 17.8 Å². The number of methoxy groups -OCH3 is 1. The van der Waals surface area contributed by atoms with Gasteiger partial charge in [0, 0.05) is 49.9 Å². The molecule has 0 spiro atoms. The molecule has 7 heteroatoms. The molecule has 0 radical (unpaired) electrons. The van der Waals surface area contributed by atoms with Crippen LogP contribution in [-0.4, -0.2) is 61.3 Å². The summed E-state index contributed by atoms with van der Waals surface area (Å²) in [5.41, 5.74) is 4.01. The third-order valence-corrected chi connectivity index (χ3v) is 8.76. The van der Waals surface area contributed by atoms with Gasteiger partial charge in [0.2, 0.25) is 0 Å². The van der Waals surface area contributed by atoms with Crippen molar-refractivity contribution in [1.29, 1.82) is 0 Å². The smallest absolute Gasteiger partial charge is 0.310 e. The molecule has 1 saturated carbocycles. The molecule has 0 amide bonds. The van der Waals surface area contributed by atoms with Gasteiger partial charge in [0.05, 0.1) is 24.9 Å². The second kappa shape index (κ2) is 9.80. The van der Waals surface area contributed by atoms with Gasteiger partial charge in [-0.2, -0.15) is 0 Å². The number of aromatic nitrogens is 2. The standard InChI is InChI=1S/C30H43N5O2/c1-21-19-33(25-9-7-22(18-31-25)17-27(36)37-6)15-16-34(21)26-10-8-24-28(32-26)30(4,5)20-35(24)23-11-13-29(2,3)14-12-23/h7-10,18,21,23H,11-17,19-20H2,1-6H3. The summed E-state index contributed by atoms with van der Waals surface area (Å²) in [5.74, 6) is 1.80. The Balaban J connectivity index is 1.28. The van der Waals surface area contributed by atoms with Crippen LogP contribution in [-0.2, 0) is 21.4 Å². The predicted molar refractivity (Wildman–Crippen MR) is 150 cm³/mol. The third-order valence-electron chi connectivity index (χ3n) is 8.76. The minimum Gasteiger partial charge on any atom is -0.469 e. The van der Waals surface area contributed by atoms with Crippen molar-refractivity contribution in [3.05, 3.63) is 41.7 Å². The van der Waals surface area contributed by atoms with E-state index in [0.717, 1.165) is 43.4 Å². The van der Waals surface area contributed by atoms with Crippen LogP contribution < -0.4 is 14.7 Å². The van der Waals surface area contributed by atoms with Crippen LogP contribution in [0.5, 0.6) is 0 Å². The summed E-state index contributed by atoms with van der Waals surface area (Å²) in [6.45, 7) is 15.5. The van der Waals surface area contributed by atoms with Crippen LogP contribution in [0.15, 0.2) is 30.5 Å². The van der Waals surface area contributed by atoms with E-state index in [4.69, 9.17) is 9.72 Å². The first-order chi connectivity index (χ1) is 17.6. The van der Waals surface area contributed by atoms with Crippen molar-refractivity contribution in [2.24, 2.45) is 5.41 Å². The summed E-state index contributed by atoms with van der Waals surface area (Å²) in [7, 11) is 1.41. The number of ether oxygens (including phenoxy) is 1. The highest BCUT2D eigenvalue weighted by atomic mass is 16.5. The molecule has 2 aromatic rings. The first kappa shape index (κ1) is 25.8. The molecule has 5 rings (SSSR count). The number of piperazine rings is 1. The van der Waals surface area contributed by atoms with E-state index >= 15 is 0 Å². The molecule has 200 valence electrons. The number of nitrogens with zero attached hydrogens (tertiary/aromatic N) is 5. The van der Waals surface area contributed by atoms with Gasteiger partial charge in [-0.1, -0.05) is 33.8 Å². The highest BCUT2D eigenvalue weighted by molar-refractivity contribution is 5.72. The van der Waals surface area contributed by atoms with Crippen LogP contribution in [0.4, 0.5) is 17.3 Å². The number of hydrogen-bond donors (Lipinski definition) is 0. The van der Waals surface area contributed by atoms with Crippen molar-refractivity contribution in [1.82, 2.24) is 9.97 Å². The monoisotopic (exact) mass is 505 g/mol. The number of anilines is 3. The Morgan fingerprint density at radius 2 is 1.76 bits per heavy atom. The molecule has 37 heavy (non-hydrogen) atoms. The molecule has 7 nitrogen and oxygen atoms in total. The Labute approximate surface area is 222 Å². The average Bonchev–Trinajstić information content (AvgIpc) is 3.14. The first-order valence-corrected chi connectivity index (χ1v) is 13.9. The van der Waals surface area contributed by atoms with Gasteiger partial charge in [-0.3, -0.25) is 4.79 Å². The zero-order chi connectivity index (χ0) is 26.4. The molecule has 2 aromatic heterocycles. The summed E-state index contributed by atoms with van der Waals surface area (Å²) in [6, 6.07) is 9.52. The van der Waals surface area contributed by atoms with E-state index in [1.807, 2.05) is 12.1 Å². The zero-order valence-corrected chi connectivity index (χ0v) is 23.5. The van der Waals surface area contributed by atoms with Gasteiger partial charge in [-0.15, -0.1) is 0 Å². The summed E-state index contributed by atoms with van der Waals surface area (Å²) in [5, 5.41) is 0. The Morgan fingerprint density at radius 3 is 2.41 bits per heavy atom. The molecule has 0 bridgehead atoms. The predicted octanol–water partition coefficient (Wildman–Crippen LogP) is 4.97. The lowest BCUT2D eigenvalue weighted by molar-refractivity contribution is -0.139. The molecule has 1 atom stereocenters. The third kappa shape index (κ3) is 5.27. The van der Waals surface area contributed by atoms with Crippen LogP contribution in [0.1, 0.15) is 71.6 Å². The van der Waals surface area contributed by atoms with E-state index in [1.54, 1.807) is 6.20 Å². The Kier molecular flexibility index (Phi) is 6.84. The fourth-order valence-corrected chi connectivity index (χ4v) is 6.39. The summed E-state index contributed by atoms with van der Waals surface area (Å²) in [6.07, 6.45) is 7.21. The number of pyridine rings is 2. The molecular weight excluding hydrogens is 462 g/mol. The van der Waals surface area contributed by atoms with Crippen molar-refractivity contribution in [3.8, 4) is 0 Å². The van der Waals surface area contributed by atoms with Gasteiger partial charge in [0.1, 0.15) is 11.6 Å². The quantitative estimate of drug-likeness (QED) is 0.532. The molecular formula is C30H43N5O2. The van der Waals surface area contributed by atoms with Crippen molar-refractivity contribution >= 4 is 23.3 Å². The van der Waals surface area contributed by atoms with Crippen LogP contribution in [0.3, 0.4) is 0 Å². The summed E-state index contributed by atoms with van der Waals surface area (Å²) < 4.78 is 4.76. The largest absolute Gasteiger partial charge is 0.469 e. The average molecular weight is 506 g/mol. The van der Waals surface area contributed by atoms with Crippen molar-refractivity contribution in [2.75, 3.05) is 48.0 Å².